The van der Waals surface area contributed by atoms with Crippen molar-refractivity contribution in [3.05, 3.63) is 34.9 Å². The van der Waals surface area contributed by atoms with Gasteiger partial charge >= 0.3 is 12.1 Å². The molecule has 0 radical (unpaired) electrons. The lowest BCUT2D eigenvalue weighted by Gasteiger charge is -2.16. The molecule has 138 valence electrons. The molecule has 1 aromatic carbocycles. The maximum absolute atomic E-state index is 11.6. The van der Waals surface area contributed by atoms with E-state index in [9.17, 15) is 14.4 Å². The Balaban J connectivity index is 2.27. The zero-order valence-corrected chi connectivity index (χ0v) is 14.7. The topological polar surface area (TPSA) is 120 Å². The zero-order valence-electron chi connectivity index (χ0n) is 13.9. The number of amides is 2. The van der Waals surface area contributed by atoms with Crippen LogP contribution in [0, 0.1) is 0 Å². The average Bonchev–Trinajstić information content (AvgIpc) is 2.62. The lowest BCUT2D eigenvalue weighted by atomic mass is 10.1. The molecule has 9 heteroatoms. The number of nitrogens with two attached hydrogens (primary N) is 1. The molecule has 1 aromatic rings. The van der Waals surface area contributed by atoms with Crippen molar-refractivity contribution in [3.8, 4) is 0 Å². The van der Waals surface area contributed by atoms with Gasteiger partial charge in [0.15, 0.2) is 0 Å². The van der Waals surface area contributed by atoms with Crippen LogP contribution in [0.1, 0.15) is 18.4 Å². The van der Waals surface area contributed by atoms with E-state index in [0.29, 0.717) is 17.9 Å². The summed E-state index contributed by atoms with van der Waals surface area (Å²) in [6, 6.07) is 6.14. The Morgan fingerprint density at radius 1 is 1.24 bits per heavy atom. The van der Waals surface area contributed by atoms with Crippen LogP contribution in [0.2, 0.25) is 5.02 Å². The first-order valence-electron chi connectivity index (χ1n) is 7.68. The molecule has 1 rings (SSSR count). The highest BCUT2D eigenvalue weighted by Gasteiger charge is 2.20. The molecule has 0 saturated heterocycles. The Morgan fingerprint density at radius 3 is 2.52 bits per heavy atom. The summed E-state index contributed by atoms with van der Waals surface area (Å²) in [6.07, 6.45) is 0.173. The van der Waals surface area contributed by atoms with Gasteiger partial charge in [0, 0.05) is 11.6 Å². The Labute approximate surface area is 151 Å². The first kappa shape index (κ1) is 20.7. The third-order valence-electron chi connectivity index (χ3n) is 3.23. The van der Waals surface area contributed by atoms with Crippen LogP contribution in [-0.4, -0.2) is 44.2 Å². The SMILES string of the molecule is COC(=O)C(CCCNC(=O)OCc1ccc(Cl)cc1)NC(=O)CN. The molecule has 2 amide bonds. The quantitative estimate of drug-likeness (QED) is 0.439. The van der Waals surface area contributed by atoms with Crippen molar-refractivity contribution < 1.29 is 23.9 Å². The van der Waals surface area contributed by atoms with Crippen LogP contribution in [0.5, 0.6) is 0 Å². The molecule has 8 nitrogen and oxygen atoms in total. The highest BCUT2D eigenvalue weighted by Crippen LogP contribution is 2.10. The molecular formula is C16H22ClN3O5. The van der Waals surface area contributed by atoms with E-state index in [0.717, 1.165) is 5.56 Å². The molecule has 0 bridgehead atoms. The van der Waals surface area contributed by atoms with Gasteiger partial charge < -0.3 is 25.8 Å². The summed E-state index contributed by atoms with van der Waals surface area (Å²) >= 11 is 5.77. The van der Waals surface area contributed by atoms with Gasteiger partial charge in [-0.1, -0.05) is 23.7 Å². The van der Waals surface area contributed by atoms with Crippen LogP contribution in [0.4, 0.5) is 4.79 Å². The van der Waals surface area contributed by atoms with Gasteiger partial charge in [-0.15, -0.1) is 0 Å². The molecule has 1 unspecified atom stereocenters. The van der Waals surface area contributed by atoms with E-state index in [1.54, 1.807) is 24.3 Å². The van der Waals surface area contributed by atoms with Crippen molar-refractivity contribution in [2.24, 2.45) is 5.73 Å². The first-order chi connectivity index (χ1) is 12.0. The van der Waals surface area contributed by atoms with Crippen LogP contribution in [0.25, 0.3) is 0 Å². The maximum Gasteiger partial charge on any atom is 0.407 e. The molecule has 0 aliphatic rings. The third-order valence-corrected chi connectivity index (χ3v) is 3.48. The Kier molecular flexibility index (Phi) is 9.34. The number of hydrogen-bond acceptors (Lipinski definition) is 6. The van der Waals surface area contributed by atoms with Gasteiger partial charge in [0.2, 0.25) is 5.91 Å². The molecule has 0 spiro atoms. The lowest BCUT2D eigenvalue weighted by molar-refractivity contribution is -0.145. The highest BCUT2D eigenvalue weighted by atomic mass is 35.5. The summed E-state index contributed by atoms with van der Waals surface area (Å²) in [5.74, 6) is -1.02. The second-order valence-corrected chi connectivity index (χ2v) is 5.56. The van der Waals surface area contributed by atoms with Crippen molar-refractivity contribution >= 4 is 29.6 Å². The van der Waals surface area contributed by atoms with Crippen LogP contribution in [0.15, 0.2) is 24.3 Å². The molecule has 0 aliphatic carbocycles. The number of alkyl carbamates (subject to hydrolysis) is 1. The number of esters is 1. The van der Waals surface area contributed by atoms with E-state index in [1.165, 1.54) is 7.11 Å². The van der Waals surface area contributed by atoms with Gasteiger partial charge in [0.25, 0.3) is 0 Å². The number of carbonyl (C=O) groups excluding carboxylic acids is 3. The normalized spacial score (nSPS) is 11.3. The van der Waals surface area contributed by atoms with Crippen molar-refractivity contribution in [1.82, 2.24) is 10.6 Å². The minimum absolute atomic E-state index is 0.125. The number of rotatable bonds is 9. The molecular weight excluding hydrogens is 350 g/mol. The van der Waals surface area contributed by atoms with Gasteiger partial charge in [0.1, 0.15) is 12.6 Å². The molecule has 0 saturated carbocycles. The molecule has 0 heterocycles. The van der Waals surface area contributed by atoms with Gasteiger partial charge in [-0.05, 0) is 30.5 Å². The molecule has 25 heavy (non-hydrogen) atoms. The molecule has 0 fully saturated rings. The van der Waals surface area contributed by atoms with Crippen molar-refractivity contribution in [2.75, 3.05) is 20.2 Å². The maximum atomic E-state index is 11.6. The largest absolute Gasteiger partial charge is 0.467 e. The van der Waals surface area contributed by atoms with Gasteiger partial charge in [0.05, 0.1) is 13.7 Å². The highest BCUT2D eigenvalue weighted by molar-refractivity contribution is 6.30. The predicted molar refractivity (Wildman–Crippen MR) is 91.9 cm³/mol. The van der Waals surface area contributed by atoms with Gasteiger partial charge in [-0.3, -0.25) is 4.79 Å². The van der Waals surface area contributed by atoms with E-state index < -0.39 is 24.0 Å². The number of methoxy groups -OCH3 is 1. The minimum atomic E-state index is -0.798. The summed E-state index contributed by atoms with van der Waals surface area (Å²) < 4.78 is 9.67. The average molecular weight is 372 g/mol. The van der Waals surface area contributed by atoms with E-state index in [1.807, 2.05) is 0 Å². The van der Waals surface area contributed by atoms with Crippen LogP contribution in [0.3, 0.4) is 0 Å². The van der Waals surface area contributed by atoms with Crippen molar-refractivity contribution in [1.29, 1.82) is 0 Å². The second kappa shape index (κ2) is 11.3. The second-order valence-electron chi connectivity index (χ2n) is 5.12. The van der Waals surface area contributed by atoms with Gasteiger partial charge in [-0.25, -0.2) is 9.59 Å². The van der Waals surface area contributed by atoms with Crippen LogP contribution < -0.4 is 16.4 Å². The fraction of sp³-hybridized carbons (Fsp3) is 0.438. The first-order valence-corrected chi connectivity index (χ1v) is 8.06. The van der Waals surface area contributed by atoms with E-state index in [-0.39, 0.29) is 19.7 Å². The molecule has 0 aromatic heterocycles. The lowest BCUT2D eigenvalue weighted by Crippen LogP contribution is -2.44. The van der Waals surface area contributed by atoms with Crippen LogP contribution in [-0.2, 0) is 25.7 Å². The summed E-state index contributed by atoms with van der Waals surface area (Å²) in [5, 5.41) is 5.64. The van der Waals surface area contributed by atoms with E-state index in [4.69, 9.17) is 22.1 Å². The summed E-state index contributed by atoms with van der Waals surface area (Å²) in [7, 11) is 1.23. The molecule has 4 N–H and O–H groups in total. The fourth-order valence-corrected chi connectivity index (χ4v) is 2.05. The summed E-state index contributed by atoms with van der Waals surface area (Å²) in [6.45, 7) is 0.189. The van der Waals surface area contributed by atoms with E-state index >= 15 is 0 Å². The monoisotopic (exact) mass is 371 g/mol. The molecule has 0 aliphatic heterocycles. The number of benzene rings is 1. The van der Waals surface area contributed by atoms with Gasteiger partial charge in [-0.2, -0.15) is 0 Å². The minimum Gasteiger partial charge on any atom is -0.467 e. The Bertz CT molecular complexity index is 580. The summed E-state index contributed by atoms with van der Waals surface area (Å²) in [4.78, 5) is 34.5. The van der Waals surface area contributed by atoms with Crippen molar-refractivity contribution in [2.45, 2.75) is 25.5 Å². The standard InChI is InChI=1S/C16H22ClN3O5/c1-24-15(22)13(20-14(21)9-18)3-2-8-19-16(23)25-10-11-4-6-12(17)7-5-11/h4-7,13H,2-3,8-10,18H2,1H3,(H,19,23)(H,20,21). The number of carbonyl (C=O) groups is 3. The molecule has 1 atom stereocenters. The van der Waals surface area contributed by atoms with Crippen LogP contribution >= 0.6 is 11.6 Å². The smallest absolute Gasteiger partial charge is 0.407 e. The Morgan fingerprint density at radius 2 is 1.92 bits per heavy atom. The summed E-state index contributed by atoms with van der Waals surface area (Å²) in [5.41, 5.74) is 6.02. The number of hydrogen-bond donors (Lipinski definition) is 3. The number of nitrogens with one attached hydrogen (secondary N) is 2. The van der Waals surface area contributed by atoms with E-state index in [2.05, 4.69) is 15.4 Å². The fourth-order valence-electron chi connectivity index (χ4n) is 1.92. The number of ether oxygens (including phenoxy) is 2. The van der Waals surface area contributed by atoms with Crippen molar-refractivity contribution in [3.63, 3.8) is 0 Å². The zero-order chi connectivity index (χ0) is 18.7. The Hall–Kier alpha value is -2.32. The third kappa shape index (κ3) is 8.37. The number of halogens is 1. The predicted octanol–water partition coefficient (Wildman–Crippen LogP) is 0.963.